The number of nitrogens with one attached hydrogen (secondary N) is 2. The Balaban J connectivity index is 1.44. The molecule has 0 radical (unpaired) electrons. The summed E-state index contributed by atoms with van der Waals surface area (Å²) in [5.41, 5.74) is 2.44. The number of rotatable bonds is 8. The molecule has 0 atom stereocenters. The number of anilines is 2. The number of methoxy groups -OCH3 is 2. The molecule has 9 nitrogen and oxygen atoms in total. The minimum absolute atomic E-state index is 0.0253. The first-order valence-electron chi connectivity index (χ1n) is 12.8. The number of halogens is 1. The van der Waals surface area contributed by atoms with E-state index in [4.69, 9.17) is 26.1 Å². The van der Waals surface area contributed by atoms with Crippen molar-refractivity contribution in [2.24, 2.45) is 0 Å². The van der Waals surface area contributed by atoms with Crippen LogP contribution in [0.3, 0.4) is 0 Å². The summed E-state index contributed by atoms with van der Waals surface area (Å²) in [5, 5.41) is 18.9. The van der Waals surface area contributed by atoms with Crippen molar-refractivity contribution in [3.8, 4) is 11.6 Å². The molecule has 38 heavy (non-hydrogen) atoms. The van der Waals surface area contributed by atoms with Crippen LogP contribution in [0.25, 0.3) is 0 Å². The number of benzene rings is 1. The highest BCUT2D eigenvalue weighted by Crippen LogP contribution is 2.32. The number of nitrogens with zero attached hydrogens (tertiary/aromatic N) is 3. The fourth-order valence-corrected chi connectivity index (χ4v) is 6.12. The third kappa shape index (κ3) is 5.82. The summed E-state index contributed by atoms with van der Waals surface area (Å²) in [6.07, 6.45) is 3.39. The predicted molar refractivity (Wildman–Crippen MR) is 149 cm³/mol. The molecule has 0 bridgehead atoms. The van der Waals surface area contributed by atoms with Crippen molar-refractivity contribution in [1.29, 1.82) is 0 Å². The number of amides is 1. The Morgan fingerprint density at radius 3 is 2.74 bits per heavy atom. The summed E-state index contributed by atoms with van der Waals surface area (Å²) in [5.74, 6) is 1.41. The van der Waals surface area contributed by atoms with E-state index in [0.29, 0.717) is 48.5 Å². The average Bonchev–Trinajstić information content (AvgIpc) is 3.40. The molecule has 1 fully saturated rings. The van der Waals surface area contributed by atoms with Gasteiger partial charge >= 0.3 is 0 Å². The molecule has 1 aliphatic carbocycles. The molecule has 11 heteroatoms. The highest BCUT2D eigenvalue weighted by atomic mass is 35.5. The maximum atomic E-state index is 13.5. The number of hydrogen-bond donors (Lipinski definition) is 3. The van der Waals surface area contributed by atoms with Gasteiger partial charge in [0.05, 0.1) is 25.3 Å². The van der Waals surface area contributed by atoms with E-state index in [0.717, 1.165) is 31.4 Å². The van der Waals surface area contributed by atoms with Crippen molar-refractivity contribution >= 4 is 40.6 Å². The van der Waals surface area contributed by atoms with Crippen molar-refractivity contribution in [3.05, 3.63) is 56.2 Å². The van der Waals surface area contributed by atoms with Crippen molar-refractivity contribution in [2.45, 2.75) is 57.3 Å². The minimum Gasteiger partial charge on any atom is -0.495 e. The van der Waals surface area contributed by atoms with Crippen LogP contribution in [-0.2, 0) is 19.5 Å². The van der Waals surface area contributed by atoms with Gasteiger partial charge in [-0.05, 0) is 66.8 Å². The van der Waals surface area contributed by atoms with Crippen LogP contribution in [-0.4, -0.2) is 53.9 Å². The lowest BCUT2D eigenvalue weighted by atomic mass is 9.93. The zero-order valence-electron chi connectivity index (χ0n) is 21.5. The van der Waals surface area contributed by atoms with Gasteiger partial charge in [-0.2, -0.15) is 9.97 Å². The van der Waals surface area contributed by atoms with Crippen LogP contribution in [0.15, 0.2) is 29.6 Å². The largest absolute Gasteiger partial charge is 0.495 e. The van der Waals surface area contributed by atoms with Crippen molar-refractivity contribution in [2.75, 3.05) is 31.0 Å². The van der Waals surface area contributed by atoms with Gasteiger partial charge in [-0.3, -0.25) is 4.79 Å². The molecule has 3 heterocycles. The first-order chi connectivity index (χ1) is 18.4. The van der Waals surface area contributed by atoms with Gasteiger partial charge in [0.1, 0.15) is 17.1 Å². The summed E-state index contributed by atoms with van der Waals surface area (Å²) in [6, 6.07) is 7.65. The smallest absolute Gasteiger partial charge is 0.260 e. The third-order valence-corrected chi connectivity index (χ3v) is 8.40. The highest BCUT2D eigenvalue weighted by molar-refractivity contribution is 7.10. The molecule has 202 valence electrons. The Kier molecular flexibility index (Phi) is 8.21. The van der Waals surface area contributed by atoms with Gasteiger partial charge in [-0.25, -0.2) is 0 Å². The van der Waals surface area contributed by atoms with Gasteiger partial charge in [0, 0.05) is 30.6 Å². The van der Waals surface area contributed by atoms with Crippen molar-refractivity contribution in [1.82, 2.24) is 15.3 Å². The molecule has 1 saturated carbocycles. The first-order valence-corrected chi connectivity index (χ1v) is 14.0. The number of aliphatic hydroxyl groups is 1. The summed E-state index contributed by atoms with van der Waals surface area (Å²) < 4.78 is 10.9. The van der Waals surface area contributed by atoms with Crippen LogP contribution in [0.1, 0.15) is 52.0 Å². The summed E-state index contributed by atoms with van der Waals surface area (Å²) in [4.78, 5) is 26.5. The van der Waals surface area contributed by atoms with Crippen LogP contribution in [0, 0.1) is 0 Å². The highest BCUT2D eigenvalue weighted by Gasteiger charge is 2.28. The topological polar surface area (TPSA) is 109 Å². The Bertz CT molecular complexity index is 1290. The SMILES string of the molecule is COc1ccc(CNc2nc(N3CCc4sccc4C3)nc(OC)c2C(=O)NC2CCC(O)CC2)cc1Cl. The first kappa shape index (κ1) is 26.5. The fourth-order valence-electron chi connectivity index (χ4n) is 4.95. The quantitative estimate of drug-likeness (QED) is 0.373. The normalized spacial score (nSPS) is 19.0. The Morgan fingerprint density at radius 1 is 1.18 bits per heavy atom. The zero-order chi connectivity index (χ0) is 26.6. The van der Waals surface area contributed by atoms with Crippen LogP contribution in [0.2, 0.25) is 5.02 Å². The van der Waals surface area contributed by atoms with Gasteiger partial charge in [0.2, 0.25) is 11.8 Å². The number of aromatic nitrogens is 2. The van der Waals surface area contributed by atoms with Gasteiger partial charge < -0.3 is 30.1 Å². The van der Waals surface area contributed by atoms with Gasteiger partial charge in [-0.1, -0.05) is 17.7 Å². The zero-order valence-corrected chi connectivity index (χ0v) is 23.1. The Morgan fingerprint density at radius 2 is 2.00 bits per heavy atom. The molecule has 0 spiro atoms. The Hall–Kier alpha value is -3.08. The summed E-state index contributed by atoms with van der Waals surface area (Å²) in [7, 11) is 3.09. The molecule has 2 aromatic heterocycles. The van der Waals surface area contributed by atoms with E-state index in [1.54, 1.807) is 18.4 Å². The number of carbonyl (C=O) groups is 1. The van der Waals surface area contributed by atoms with E-state index in [2.05, 4.69) is 32.0 Å². The molecule has 1 amide bonds. The van der Waals surface area contributed by atoms with Crippen LogP contribution in [0.5, 0.6) is 11.6 Å². The number of carbonyl (C=O) groups excluding carboxylic acids is 1. The maximum Gasteiger partial charge on any atom is 0.260 e. The number of fused-ring (bicyclic) bond motifs is 1. The Labute approximate surface area is 231 Å². The number of ether oxygens (including phenoxy) is 2. The third-order valence-electron chi connectivity index (χ3n) is 7.08. The van der Waals surface area contributed by atoms with E-state index in [-0.39, 0.29) is 29.5 Å². The molecular formula is C27H32ClN5O4S. The second kappa shape index (κ2) is 11.8. The molecule has 5 rings (SSSR count). The van der Waals surface area contributed by atoms with Gasteiger partial charge in [0.15, 0.2) is 0 Å². The van der Waals surface area contributed by atoms with E-state index in [1.807, 2.05) is 18.2 Å². The number of aliphatic hydroxyl groups excluding tert-OH is 1. The lowest BCUT2D eigenvalue weighted by Gasteiger charge is -2.29. The van der Waals surface area contributed by atoms with Crippen molar-refractivity contribution < 1.29 is 19.4 Å². The molecule has 0 saturated heterocycles. The van der Waals surface area contributed by atoms with E-state index in [9.17, 15) is 9.90 Å². The monoisotopic (exact) mass is 557 g/mol. The molecule has 3 aromatic rings. The van der Waals surface area contributed by atoms with E-state index >= 15 is 0 Å². The predicted octanol–water partition coefficient (Wildman–Crippen LogP) is 4.42. The molecule has 2 aliphatic rings. The number of thiophene rings is 1. The molecular weight excluding hydrogens is 526 g/mol. The lowest BCUT2D eigenvalue weighted by molar-refractivity contribution is 0.0864. The number of hydrogen-bond acceptors (Lipinski definition) is 9. The van der Waals surface area contributed by atoms with Gasteiger partial charge in [0.25, 0.3) is 5.91 Å². The average molecular weight is 558 g/mol. The summed E-state index contributed by atoms with van der Waals surface area (Å²) in [6.45, 7) is 1.86. The maximum absolute atomic E-state index is 13.5. The molecule has 1 aliphatic heterocycles. The van der Waals surface area contributed by atoms with Crippen LogP contribution in [0.4, 0.5) is 11.8 Å². The lowest BCUT2D eigenvalue weighted by Crippen LogP contribution is -2.39. The molecule has 1 aromatic carbocycles. The standard InChI is InChI=1S/C27H32ClN5O4S/c1-36-21-8-3-16(13-20(21)28)14-29-24-23(25(35)30-18-4-6-19(34)7-5-18)26(37-2)32-27(31-24)33-11-9-22-17(15-33)10-12-38-22/h3,8,10,12-13,18-19,34H,4-7,9,11,14-15H2,1-2H3,(H,30,35)(H,29,31,32). The minimum atomic E-state index is -0.304. The van der Waals surface area contributed by atoms with Gasteiger partial charge in [-0.15, -0.1) is 11.3 Å². The van der Waals surface area contributed by atoms with Crippen LogP contribution >= 0.6 is 22.9 Å². The van der Waals surface area contributed by atoms with E-state index in [1.165, 1.54) is 17.6 Å². The van der Waals surface area contributed by atoms with E-state index < -0.39 is 0 Å². The second-order valence-electron chi connectivity index (χ2n) is 9.60. The summed E-state index contributed by atoms with van der Waals surface area (Å²) >= 11 is 8.10. The van der Waals surface area contributed by atoms with Crippen LogP contribution < -0.4 is 25.0 Å². The van der Waals surface area contributed by atoms with Crippen molar-refractivity contribution in [3.63, 3.8) is 0 Å². The molecule has 0 unspecified atom stereocenters. The molecule has 3 N–H and O–H groups in total. The fraction of sp³-hybridized carbons (Fsp3) is 0.444. The second-order valence-corrected chi connectivity index (χ2v) is 11.0.